The molecular formula is C20H20N4O4. The Morgan fingerprint density at radius 3 is 2.79 bits per heavy atom. The van der Waals surface area contributed by atoms with Crippen molar-refractivity contribution < 1.29 is 18.8 Å². The topological polar surface area (TPSA) is 99.4 Å². The van der Waals surface area contributed by atoms with Gasteiger partial charge in [0.15, 0.2) is 5.69 Å². The molecule has 1 amide bonds. The van der Waals surface area contributed by atoms with Gasteiger partial charge in [0.1, 0.15) is 17.6 Å². The van der Waals surface area contributed by atoms with E-state index in [4.69, 9.17) is 14.0 Å². The van der Waals surface area contributed by atoms with Crippen molar-refractivity contribution in [2.24, 2.45) is 0 Å². The van der Waals surface area contributed by atoms with Crippen LogP contribution in [0.1, 0.15) is 27.4 Å². The van der Waals surface area contributed by atoms with Gasteiger partial charge in [-0.2, -0.15) is 0 Å². The molecule has 1 atom stereocenters. The SMILES string of the molecule is COc1ccc(-c2cc(C)cc3c2O[C@@H](CNC(=O)c2cc(C)on2)C3)nn1. The van der Waals surface area contributed by atoms with Crippen molar-refractivity contribution in [2.75, 3.05) is 13.7 Å². The summed E-state index contributed by atoms with van der Waals surface area (Å²) in [5, 5.41) is 14.9. The first kappa shape index (κ1) is 18.0. The Kier molecular flexibility index (Phi) is 4.68. The molecule has 144 valence electrons. The highest BCUT2D eigenvalue weighted by molar-refractivity contribution is 5.92. The number of amides is 1. The Hall–Kier alpha value is -3.42. The fourth-order valence-corrected chi connectivity index (χ4v) is 3.24. The van der Waals surface area contributed by atoms with Gasteiger partial charge >= 0.3 is 0 Å². The first-order valence-corrected chi connectivity index (χ1v) is 8.93. The predicted octanol–water partition coefficient (Wildman–Crippen LogP) is 2.49. The van der Waals surface area contributed by atoms with Crippen LogP contribution in [0.3, 0.4) is 0 Å². The summed E-state index contributed by atoms with van der Waals surface area (Å²) in [4.78, 5) is 12.2. The molecular weight excluding hydrogens is 360 g/mol. The molecule has 1 aliphatic rings. The lowest BCUT2D eigenvalue weighted by Gasteiger charge is -2.13. The average molecular weight is 380 g/mol. The Labute approximate surface area is 161 Å². The van der Waals surface area contributed by atoms with E-state index in [1.165, 1.54) is 0 Å². The van der Waals surface area contributed by atoms with E-state index in [2.05, 4.69) is 26.7 Å². The van der Waals surface area contributed by atoms with Crippen molar-refractivity contribution in [1.82, 2.24) is 20.7 Å². The second-order valence-electron chi connectivity index (χ2n) is 6.74. The van der Waals surface area contributed by atoms with Crippen molar-refractivity contribution in [1.29, 1.82) is 0 Å². The standard InChI is InChI=1S/C20H20N4O4/c1-11-6-13-9-14(10-21-20(25)17-8-12(2)28-24-17)27-19(13)15(7-11)16-4-5-18(26-3)23-22-16/h4-8,14H,9-10H2,1-3H3,(H,21,25)/t14-/m1/s1. The second-order valence-corrected chi connectivity index (χ2v) is 6.74. The van der Waals surface area contributed by atoms with E-state index in [1.54, 1.807) is 26.2 Å². The predicted molar refractivity (Wildman–Crippen MR) is 100 cm³/mol. The highest BCUT2D eigenvalue weighted by atomic mass is 16.5. The fourth-order valence-electron chi connectivity index (χ4n) is 3.24. The minimum Gasteiger partial charge on any atom is -0.487 e. The minimum atomic E-state index is -0.283. The largest absolute Gasteiger partial charge is 0.487 e. The molecule has 1 aliphatic heterocycles. The van der Waals surface area contributed by atoms with Crippen molar-refractivity contribution >= 4 is 5.91 Å². The summed E-state index contributed by atoms with van der Waals surface area (Å²) in [6, 6.07) is 9.34. The van der Waals surface area contributed by atoms with Gasteiger partial charge < -0.3 is 19.3 Å². The van der Waals surface area contributed by atoms with Crippen molar-refractivity contribution in [3.63, 3.8) is 0 Å². The van der Waals surface area contributed by atoms with E-state index in [0.29, 0.717) is 30.3 Å². The molecule has 1 aromatic carbocycles. The highest BCUT2D eigenvalue weighted by Gasteiger charge is 2.27. The van der Waals surface area contributed by atoms with Gasteiger partial charge in [0.2, 0.25) is 5.88 Å². The molecule has 0 unspecified atom stereocenters. The molecule has 0 radical (unpaired) electrons. The Bertz CT molecular complexity index is 1010. The zero-order chi connectivity index (χ0) is 19.7. The van der Waals surface area contributed by atoms with Crippen LogP contribution < -0.4 is 14.8 Å². The molecule has 3 heterocycles. The molecule has 4 rings (SSSR count). The number of aromatic nitrogens is 3. The number of carbonyl (C=O) groups is 1. The number of fused-ring (bicyclic) bond motifs is 1. The summed E-state index contributed by atoms with van der Waals surface area (Å²) in [5.41, 5.74) is 4.05. The number of nitrogens with one attached hydrogen (secondary N) is 1. The summed E-state index contributed by atoms with van der Waals surface area (Å²) in [6.07, 6.45) is 0.532. The molecule has 0 aliphatic carbocycles. The van der Waals surface area contributed by atoms with Gasteiger partial charge in [-0.15, -0.1) is 10.2 Å². The third-order valence-corrected chi connectivity index (χ3v) is 4.52. The van der Waals surface area contributed by atoms with E-state index >= 15 is 0 Å². The van der Waals surface area contributed by atoms with Crippen LogP contribution in [0.2, 0.25) is 0 Å². The monoisotopic (exact) mass is 380 g/mol. The number of aryl methyl sites for hydroxylation is 2. The van der Waals surface area contributed by atoms with Gasteiger partial charge in [0.25, 0.3) is 5.91 Å². The fraction of sp³-hybridized carbons (Fsp3) is 0.300. The van der Waals surface area contributed by atoms with Gasteiger partial charge in [0.05, 0.1) is 19.3 Å². The summed E-state index contributed by atoms with van der Waals surface area (Å²) in [5.74, 6) is 1.54. The van der Waals surface area contributed by atoms with Crippen LogP contribution in [0.25, 0.3) is 11.3 Å². The average Bonchev–Trinajstić information content (AvgIpc) is 3.31. The number of methoxy groups -OCH3 is 1. The summed E-state index contributed by atoms with van der Waals surface area (Å²) < 4.78 is 16.2. The number of rotatable bonds is 5. The maximum atomic E-state index is 12.2. The molecule has 8 heteroatoms. The maximum Gasteiger partial charge on any atom is 0.273 e. The van der Waals surface area contributed by atoms with Gasteiger partial charge in [-0.3, -0.25) is 4.79 Å². The van der Waals surface area contributed by atoms with Crippen molar-refractivity contribution in [3.8, 4) is 22.9 Å². The Morgan fingerprint density at radius 1 is 1.25 bits per heavy atom. The minimum absolute atomic E-state index is 0.168. The van der Waals surface area contributed by atoms with Gasteiger partial charge in [0, 0.05) is 24.1 Å². The number of hydrogen-bond donors (Lipinski definition) is 1. The molecule has 0 spiro atoms. The zero-order valence-corrected chi connectivity index (χ0v) is 15.9. The lowest BCUT2D eigenvalue weighted by Crippen LogP contribution is -2.34. The molecule has 1 N–H and O–H groups in total. The van der Waals surface area contributed by atoms with Crippen LogP contribution in [-0.2, 0) is 6.42 Å². The van der Waals surface area contributed by atoms with Crippen LogP contribution in [0.4, 0.5) is 0 Å². The first-order valence-electron chi connectivity index (χ1n) is 8.93. The third kappa shape index (κ3) is 3.53. The van der Waals surface area contributed by atoms with Crippen LogP contribution in [0, 0.1) is 13.8 Å². The van der Waals surface area contributed by atoms with E-state index in [9.17, 15) is 4.79 Å². The normalized spacial score (nSPS) is 15.0. The van der Waals surface area contributed by atoms with E-state index in [0.717, 1.165) is 22.4 Å². The maximum absolute atomic E-state index is 12.2. The highest BCUT2D eigenvalue weighted by Crippen LogP contribution is 2.39. The molecule has 0 saturated carbocycles. The molecule has 2 aromatic heterocycles. The molecule has 0 saturated heterocycles. The van der Waals surface area contributed by atoms with E-state index < -0.39 is 0 Å². The lowest BCUT2D eigenvalue weighted by atomic mass is 10.0. The van der Waals surface area contributed by atoms with Gasteiger partial charge in [-0.25, -0.2) is 0 Å². The Balaban J connectivity index is 1.50. The summed E-state index contributed by atoms with van der Waals surface area (Å²) in [6.45, 7) is 4.14. The van der Waals surface area contributed by atoms with E-state index in [-0.39, 0.29) is 17.7 Å². The van der Waals surface area contributed by atoms with Crippen LogP contribution in [0.15, 0.2) is 34.9 Å². The number of ether oxygens (including phenoxy) is 2. The molecule has 0 fully saturated rings. The van der Waals surface area contributed by atoms with Gasteiger partial charge in [-0.1, -0.05) is 11.2 Å². The lowest BCUT2D eigenvalue weighted by molar-refractivity contribution is 0.0924. The van der Waals surface area contributed by atoms with Gasteiger partial charge in [-0.05, 0) is 37.1 Å². The van der Waals surface area contributed by atoms with Crippen LogP contribution in [0.5, 0.6) is 11.6 Å². The number of nitrogens with zero attached hydrogens (tertiary/aromatic N) is 3. The Morgan fingerprint density at radius 2 is 2.11 bits per heavy atom. The second kappa shape index (κ2) is 7.30. The van der Waals surface area contributed by atoms with Crippen LogP contribution in [-0.4, -0.2) is 41.0 Å². The summed E-state index contributed by atoms with van der Waals surface area (Å²) in [7, 11) is 1.55. The van der Waals surface area contributed by atoms with E-state index in [1.807, 2.05) is 19.1 Å². The number of carbonyl (C=O) groups excluding carboxylic acids is 1. The van der Waals surface area contributed by atoms with Crippen molar-refractivity contribution in [3.05, 3.63) is 52.9 Å². The zero-order valence-electron chi connectivity index (χ0n) is 15.9. The summed E-state index contributed by atoms with van der Waals surface area (Å²) >= 11 is 0. The first-order chi connectivity index (χ1) is 13.5. The molecule has 28 heavy (non-hydrogen) atoms. The molecule has 0 bridgehead atoms. The number of hydrogen-bond acceptors (Lipinski definition) is 7. The van der Waals surface area contributed by atoms with Crippen molar-refractivity contribution in [2.45, 2.75) is 26.4 Å². The third-order valence-electron chi connectivity index (χ3n) is 4.52. The smallest absolute Gasteiger partial charge is 0.273 e. The molecule has 8 nitrogen and oxygen atoms in total. The molecule has 3 aromatic rings. The van der Waals surface area contributed by atoms with Crippen LogP contribution >= 0.6 is 0 Å². The number of benzene rings is 1. The quantitative estimate of drug-likeness (QED) is 0.726.